The highest BCUT2D eigenvalue weighted by Crippen LogP contribution is 2.39. The molecule has 1 aliphatic heterocycles. The Balaban J connectivity index is 2.01. The molecule has 1 atom stereocenters. The van der Waals surface area contributed by atoms with Crippen LogP contribution < -0.4 is 4.90 Å². The number of carbonyl (C=O) groups is 2. The van der Waals surface area contributed by atoms with E-state index in [1.165, 1.54) is 0 Å². The highest BCUT2D eigenvalue weighted by Gasteiger charge is 2.45. The van der Waals surface area contributed by atoms with Crippen molar-refractivity contribution in [3.05, 3.63) is 71.3 Å². The summed E-state index contributed by atoms with van der Waals surface area (Å²) < 4.78 is 0. The first-order chi connectivity index (χ1) is 15.4. The quantitative estimate of drug-likeness (QED) is 0.368. The molecule has 6 heteroatoms. The summed E-state index contributed by atoms with van der Waals surface area (Å²) in [5, 5.41) is 11.1. The molecule has 0 bridgehead atoms. The van der Waals surface area contributed by atoms with Crippen molar-refractivity contribution in [3.63, 3.8) is 0 Å². The van der Waals surface area contributed by atoms with E-state index in [2.05, 4.69) is 18.7 Å². The predicted molar refractivity (Wildman–Crippen MR) is 129 cm³/mol. The number of amides is 1. The fourth-order valence-corrected chi connectivity index (χ4v) is 4.17. The summed E-state index contributed by atoms with van der Waals surface area (Å²) in [5.41, 5.74) is 2.52. The monoisotopic (exact) mass is 435 g/mol. The number of ketones is 1. The third kappa shape index (κ3) is 4.86. The lowest BCUT2D eigenvalue weighted by Crippen LogP contribution is -2.33. The zero-order valence-corrected chi connectivity index (χ0v) is 19.4. The van der Waals surface area contributed by atoms with E-state index in [9.17, 15) is 14.7 Å². The summed E-state index contributed by atoms with van der Waals surface area (Å²) in [7, 11) is 3.92. The number of benzene rings is 2. The molecule has 1 heterocycles. The molecule has 3 rings (SSSR count). The van der Waals surface area contributed by atoms with Crippen LogP contribution in [0.5, 0.6) is 0 Å². The predicted octanol–water partition coefficient (Wildman–Crippen LogP) is 3.91. The van der Waals surface area contributed by atoms with E-state index < -0.39 is 17.7 Å². The number of aliphatic hydroxyl groups excluding tert-OH is 1. The Morgan fingerprint density at radius 1 is 0.969 bits per heavy atom. The largest absolute Gasteiger partial charge is 0.507 e. The smallest absolute Gasteiger partial charge is 0.295 e. The summed E-state index contributed by atoms with van der Waals surface area (Å²) in [6.45, 7) is 7.41. The van der Waals surface area contributed by atoms with Gasteiger partial charge in [0.2, 0.25) is 0 Å². The number of rotatable bonds is 9. The summed E-state index contributed by atoms with van der Waals surface area (Å²) in [6.07, 6.45) is 0.756. The van der Waals surface area contributed by atoms with Crippen molar-refractivity contribution in [2.24, 2.45) is 0 Å². The van der Waals surface area contributed by atoms with E-state index in [1.54, 1.807) is 29.2 Å². The Morgan fingerprint density at radius 3 is 2.16 bits per heavy atom. The maximum absolute atomic E-state index is 13.1. The number of likely N-dealkylation sites (tertiary alicyclic amines) is 1. The minimum Gasteiger partial charge on any atom is -0.507 e. The lowest BCUT2D eigenvalue weighted by molar-refractivity contribution is -0.140. The van der Waals surface area contributed by atoms with Crippen LogP contribution in [0.15, 0.2) is 60.2 Å². The summed E-state index contributed by atoms with van der Waals surface area (Å²) in [4.78, 5) is 32.0. The molecule has 0 spiro atoms. The molecule has 1 N–H and O–H groups in total. The molecule has 1 fully saturated rings. The van der Waals surface area contributed by atoms with Crippen molar-refractivity contribution < 1.29 is 14.7 Å². The Kier molecular flexibility index (Phi) is 7.70. The van der Waals surface area contributed by atoms with Crippen LogP contribution in [-0.4, -0.2) is 66.9 Å². The standard InChI is InChI=1S/C26H33N3O3/c1-5-28(6-2)17-10-18-29-23(19-13-15-21(16-14-19)27(3)4)22(25(31)26(29)32)24(30)20-11-8-7-9-12-20/h7-9,11-16,23,30H,5-6,10,17-18H2,1-4H3. The van der Waals surface area contributed by atoms with Gasteiger partial charge in [-0.3, -0.25) is 9.59 Å². The second-order valence-corrected chi connectivity index (χ2v) is 8.22. The maximum Gasteiger partial charge on any atom is 0.295 e. The van der Waals surface area contributed by atoms with Crippen molar-refractivity contribution in [3.8, 4) is 0 Å². The van der Waals surface area contributed by atoms with Crippen molar-refractivity contribution in [1.82, 2.24) is 9.80 Å². The van der Waals surface area contributed by atoms with Gasteiger partial charge in [0.05, 0.1) is 11.6 Å². The molecule has 0 saturated carbocycles. The Morgan fingerprint density at radius 2 is 1.59 bits per heavy atom. The molecule has 32 heavy (non-hydrogen) atoms. The van der Waals surface area contributed by atoms with Gasteiger partial charge in [-0.1, -0.05) is 56.3 Å². The first-order valence-corrected chi connectivity index (χ1v) is 11.2. The topological polar surface area (TPSA) is 64.1 Å². The van der Waals surface area contributed by atoms with Crippen LogP contribution in [0.3, 0.4) is 0 Å². The highest BCUT2D eigenvalue weighted by molar-refractivity contribution is 6.46. The van der Waals surface area contributed by atoms with E-state index in [0.29, 0.717) is 12.1 Å². The lowest BCUT2D eigenvalue weighted by Gasteiger charge is -2.27. The number of anilines is 1. The molecule has 1 aliphatic rings. The Bertz CT molecular complexity index is 964. The average molecular weight is 436 g/mol. The molecule has 0 aliphatic carbocycles. The number of Topliss-reactive ketones (excluding diaryl/α,β-unsaturated/α-hetero) is 1. The third-order valence-corrected chi connectivity index (χ3v) is 6.08. The zero-order chi connectivity index (χ0) is 23.3. The molecule has 1 unspecified atom stereocenters. The van der Waals surface area contributed by atoms with E-state index in [0.717, 1.165) is 37.3 Å². The number of nitrogens with zero attached hydrogens (tertiary/aromatic N) is 3. The van der Waals surface area contributed by atoms with Crippen molar-refractivity contribution in [1.29, 1.82) is 0 Å². The second-order valence-electron chi connectivity index (χ2n) is 8.22. The van der Waals surface area contributed by atoms with Crippen molar-refractivity contribution in [2.45, 2.75) is 26.3 Å². The molecule has 1 saturated heterocycles. The normalized spacial score (nSPS) is 17.9. The van der Waals surface area contributed by atoms with E-state index in [1.807, 2.05) is 49.3 Å². The van der Waals surface area contributed by atoms with Gasteiger partial charge in [0.25, 0.3) is 11.7 Å². The summed E-state index contributed by atoms with van der Waals surface area (Å²) in [6, 6.07) is 16.1. The van der Waals surface area contributed by atoms with E-state index in [4.69, 9.17) is 0 Å². The van der Waals surface area contributed by atoms with Crippen LogP contribution in [0.2, 0.25) is 0 Å². The van der Waals surface area contributed by atoms with Crippen molar-refractivity contribution in [2.75, 3.05) is 45.2 Å². The summed E-state index contributed by atoms with van der Waals surface area (Å²) in [5.74, 6) is -1.31. The van der Waals surface area contributed by atoms with Crippen LogP contribution in [0.4, 0.5) is 5.69 Å². The van der Waals surface area contributed by atoms with Gasteiger partial charge in [-0.25, -0.2) is 0 Å². The highest BCUT2D eigenvalue weighted by atomic mass is 16.3. The summed E-state index contributed by atoms with van der Waals surface area (Å²) >= 11 is 0. The molecule has 2 aromatic rings. The molecule has 170 valence electrons. The van der Waals surface area contributed by atoms with Gasteiger partial charge in [-0.2, -0.15) is 0 Å². The lowest BCUT2D eigenvalue weighted by atomic mass is 9.95. The molecule has 2 aromatic carbocycles. The molecule has 6 nitrogen and oxygen atoms in total. The minimum absolute atomic E-state index is 0.128. The van der Waals surface area contributed by atoms with Gasteiger partial charge in [-0.15, -0.1) is 0 Å². The molecule has 0 aromatic heterocycles. The fourth-order valence-electron chi connectivity index (χ4n) is 4.17. The van der Waals surface area contributed by atoms with Crippen LogP contribution in [0.1, 0.15) is 37.4 Å². The zero-order valence-electron chi connectivity index (χ0n) is 19.4. The van der Waals surface area contributed by atoms with E-state index in [-0.39, 0.29) is 11.3 Å². The van der Waals surface area contributed by atoms with Crippen LogP contribution in [0.25, 0.3) is 5.76 Å². The Hall–Kier alpha value is -3.12. The Labute approximate surface area is 190 Å². The molecule has 1 amide bonds. The molecular weight excluding hydrogens is 402 g/mol. The van der Waals surface area contributed by atoms with Gasteiger partial charge < -0.3 is 19.8 Å². The van der Waals surface area contributed by atoms with Crippen LogP contribution in [0, 0.1) is 0 Å². The second kappa shape index (κ2) is 10.5. The van der Waals surface area contributed by atoms with Crippen LogP contribution >= 0.6 is 0 Å². The SMILES string of the molecule is CCN(CC)CCCN1C(=O)C(=O)C(=C(O)c2ccccc2)C1c1ccc(N(C)C)cc1. The average Bonchev–Trinajstić information content (AvgIpc) is 3.07. The first kappa shape index (κ1) is 23.5. The van der Waals surface area contributed by atoms with Gasteiger partial charge >= 0.3 is 0 Å². The maximum atomic E-state index is 13.1. The number of aliphatic hydroxyl groups is 1. The van der Waals surface area contributed by atoms with Gasteiger partial charge in [0.1, 0.15) is 5.76 Å². The fraction of sp³-hybridized carbons (Fsp3) is 0.385. The third-order valence-electron chi connectivity index (χ3n) is 6.08. The van der Waals surface area contributed by atoms with Gasteiger partial charge in [0, 0.05) is 31.9 Å². The molecular formula is C26H33N3O3. The number of hydrogen-bond donors (Lipinski definition) is 1. The number of hydrogen-bond acceptors (Lipinski definition) is 5. The van der Waals surface area contributed by atoms with Crippen LogP contribution in [-0.2, 0) is 9.59 Å². The number of carbonyl (C=O) groups excluding carboxylic acids is 2. The van der Waals surface area contributed by atoms with Crippen molar-refractivity contribution >= 4 is 23.1 Å². The molecule has 0 radical (unpaired) electrons. The van der Waals surface area contributed by atoms with Gasteiger partial charge in [0.15, 0.2) is 0 Å². The van der Waals surface area contributed by atoms with E-state index >= 15 is 0 Å². The van der Waals surface area contributed by atoms with Gasteiger partial charge in [-0.05, 0) is 43.8 Å². The first-order valence-electron chi connectivity index (χ1n) is 11.2. The minimum atomic E-state index is -0.629.